The smallest absolute Gasteiger partial charge is 0.345 e. The lowest BCUT2D eigenvalue weighted by molar-refractivity contribution is 0.0691. The molecule has 3 rings (SSSR count). The molecule has 122 valence electrons. The molecule has 7 nitrogen and oxygen atoms in total. The number of carboxylic acid groups (broad SMARTS) is 1. The first-order valence-electron chi connectivity index (χ1n) is 7.22. The minimum absolute atomic E-state index is 0.250. The quantitative estimate of drug-likeness (QED) is 0.872. The number of carbonyl (C=O) groups is 1. The number of nitrogens with zero attached hydrogens (tertiary/aromatic N) is 1. The van der Waals surface area contributed by atoms with Crippen molar-refractivity contribution < 1.29 is 24.5 Å². The van der Waals surface area contributed by atoms with Gasteiger partial charge in [-0.15, -0.1) is 0 Å². The van der Waals surface area contributed by atoms with Crippen LogP contribution in [-0.4, -0.2) is 35.0 Å². The molecule has 0 spiro atoms. The summed E-state index contributed by atoms with van der Waals surface area (Å²) in [6.45, 7) is 0.422. The van der Waals surface area contributed by atoms with E-state index in [-0.39, 0.29) is 5.39 Å². The second-order valence-corrected chi connectivity index (χ2v) is 5.61. The van der Waals surface area contributed by atoms with Crippen LogP contribution in [0.15, 0.2) is 16.9 Å². The number of hydrogen-bond acceptors (Lipinski definition) is 5. The van der Waals surface area contributed by atoms with E-state index < -0.39 is 22.8 Å². The number of aromatic nitrogens is 1. The molecule has 1 aliphatic rings. The van der Waals surface area contributed by atoms with Gasteiger partial charge in [0, 0.05) is 18.0 Å². The second kappa shape index (κ2) is 5.49. The lowest BCUT2D eigenvalue weighted by Gasteiger charge is -2.16. The van der Waals surface area contributed by atoms with Crippen LogP contribution in [0.1, 0.15) is 23.2 Å². The van der Waals surface area contributed by atoms with Crippen LogP contribution in [0.3, 0.4) is 0 Å². The molecule has 0 atom stereocenters. The van der Waals surface area contributed by atoms with E-state index in [0.29, 0.717) is 29.5 Å². The highest BCUT2D eigenvalue weighted by molar-refractivity contribution is 5.99. The Labute approximate surface area is 131 Å². The van der Waals surface area contributed by atoms with Gasteiger partial charge in [-0.1, -0.05) is 0 Å². The predicted octanol–water partition coefficient (Wildman–Crippen LogP) is 1.83. The molecule has 1 aliphatic carbocycles. The van der Waals surface area contributed by atoms with Crippen molar-refractivity contribution in [1.82, 2.24) is 4.57 Å². The highest BCUT2D eigenvalue weighted by atomic mass is 16.5. The third kappa shape index (κ3) is 2.48. The molecule has 2 N–H and O–H groups in total. The van der Waals surface area contributed by atoms with Crippen LogP contribution in [0.2, 0.25) is 0 Å². The van der Waals surface area contributed by atoms with Crippen molar-refractivity contribution in [2.45, 2.75) is 19.4 Å². The second-order valence-electron chi connectivity index (χ2n) is 5.61. The van der Waals surface area contributed by atoms with Gasteiger partial charge < -0.3 is 24.3 Å². The zero-order valence-corrected chi connectivity index (χ0v) is 12.8. The zero-order chi connectivity index (χ0) is 16.7. The third-order valence-electron chi connectivity index (χ3n) is 4.10. The molecule has 23 heavy (non-hydrogen) atoms. The maximum absolute atomic E-state index is 12.5. The van der Waals surface area contributed by atoms with Crippen LogP contribution in [0.25, 0.3) is 10.9 Å². The number of aromatic carboxylic acids is 1. The SMILES string of the molecule is COc1cc2c(O)c(C(=O)O)c(=O)n(CC3CC3)c2cc1OC. The van der Waals surface area contributed by atoms with Crippen LogP contribution in [0.5, 0.6) is 17.2 Å². The number of pyridine rings is 1. The van der Waals surface area contributed by atoms with E-state index in [4.69, 9.17) is 9.47 Å². The summed E-state index contributed by atoms with van der Waals surface area (Å²) in [5.74, 6) is -0.885. The van der Waals surface area contributed by atoms with Crippen molar-refractivity contribution in [2.24, 2.45) is 5.92 Å². The molecule has 0 amide bonds. The number of carboxylic acids is 1. The minimum Gasteiger partial charge on any atom is -0.506 e. The number of aromatic hydroxyl groups is 1. The van der Waals surface area contributed by atoms with E-state index >= 15 is 0 Å². The van der Waals surface area contributed by atoms with Gasteiger partial charge in [-0.05, 0) is 24.8 Å². The fourth-order valence-corrected chi connectivity index (χ4v) is 2.69. The van der Waals surface area contributed by atoms with Gasteiger partial charge in [0.25, 0.3) is 5.56 Å². The Morgan fingerprint density at radius 3 is 2.39 bits per heavy atom. The number of hydrogen-bond donors (Lipinski definition) is 2. The molecule has 2 aromatic rings. The topological polar surface area (TPSA) is 98.0 Å². The summed E-state index contributed by atoms with van der Waals surface area (Å²) in [6, 6.07) is 3.07. The van der Waals surface area contributed by atoms with E-state index in [9.17, 15) is 19.8 Å². The lowest BCUT2D eigenvalue weighted by atomic mass is 10.1. The Balaban J connectivity index is 2.40. The van der Waals surface area contributed by atoms with Gasteiger partial charge in [-0.3, -0.25) is 4.79 Å². The van der Waals surface area contributed by atoms with Crippen molar-refractivity contribution >= 4 is 16.9 Å². The largest absolute Gasteiger partial charge is 0.506 e. The number of methoxy groups -OCH3 is 2. The van der Waals surface area contributed by atoms with Crippen molar-refractivity contribution in [3.05, 3.63) is 28.0 Å². The standard InChI is InChI=1S/C16H17NO6/c1-22-11-5-9-10(6-12(11)23-2)17(7-8-3-4-8)15(19)13(14(9)18)16(20)21/h5-6,8,18H,3-4,7H2,1-2H3,(H,20,21). The monoisotopic (exact) mass is 319 g/mol. The van der Waals surface area contributed by atoms with Gasteiger partial charge in [-0.25, -0.2) is 4.79 Å². The average Bonchev–Trinajstić information content (AvgIpc) is 3.34. The molecular formula is C16H17NO6. The van der Waals surface area contributed by atoms with E-state index in [1.54, 1.807) is 6.07 Å². The van der Waals surface area contributed by atoms with E-state index in [0.717, 1.165) is 12.8 Å². The van der Waals surface area contributed by atoms with Crippen LogP contribution in [0, 0.1) is 5.92 Å². The summed E-state index contributed by atoms with van der Waals surface area (Å²) in [5, 5.41) is 19.8. The van der Waals surface area contributed by atoms with Crippen LogP contribution in [0.4, 0.5) is 0 Å². The van der Waals surface area contributed by atoms with Crippen LogP contribution >= 0.6 is 0 Å². The first-order valence-corrected chi connectivity index (χ1v) is 7.22. The molecule has 0 radical (unpaired) electrons. The summed E-state index contributed by atoms with van der Waals surface area (Å²) in [4.78, 5) is 23.9. The summed E-state index contributed by atoms with van der Waals surface area (Å²) >= 11 is 0. The van der Waals surface area contributed by atoms with Crippen molar-refractivity contribution in [3.63, 3.8) is 0 Å². The zero-order valence-electron chi connectivity index (χ0n) is 12.8. The van der Waals surface area contributed by atoms with E-state index in [1.807, 2.05) is 0 Å². The fourth-order valence-electron chi connectivity index (χ4n) is 2.69. The van der Waals surface area contributed by atoms with Crippen molar-refractivity contribution in [1.29, 1.82) is 0 Å². The van der Waals surface area contributed by atoms with Gasteiger partial charge >= 0.3 is 5.97 Å². The van der Waals surface area contributed by atoms with E-state index in [2.05, 4.69) is 0 Å². The highest BCUT2D eigenvalue weighted by Gasteiger charge is 2.28. The van der Waals surface area contributed by atoms with Gasteiger partial charge in [0.2, 0.25) is 0 Å². The van der Waals surface area contributed by atoms with Crippen LogP contribution in [-0.2, 0) is 6.54 Å². The molecule has 0 aliphatic heterocycles. The average molecular weight is 319 g/mol. The molecule has 7 heteroatoms. The Morgan fingerprint density at radius 2 is 1.87 bits per heavy atom. The predicted molar refractivity (Wildman–Crippen MR) is 82.7 cm³/mol. The number of fused-ring (bicyclic) bond motifs is 1. The molecule has 0 unspecified atom stereocenters. The Morgan fingerprint density at radius 1 is 1.26 bits per heavy atom. The fraction of sp³-hybridized carbons (Fsp3) is 0.375. The maximum Gasteiger partial charge on any atom is 0.345 e. The van der Waals surface area contributed by atoms with E-state index in [1.165, 1.54) is 24.9 Å². The Kier molecular flexibility index (Phi) is 3.63. The number of ether oxygens (including phenoxy) is 2. The molecule has 1 fully saturated rings. The summed E-state index contributed by atoms with van der Waals surface area (Å²) in [6.07, 6.45) is 2.01. The van der Waals surface area contributed by atoms with Gasteiger partial charge in [0.05, 0.1) is 19.7 Å². The first-order chi connectivity index (χ1) is 11.0. The van der Waals surface area contributed by atoms with Crippen molar-refractivity contribution in [3.8, 4) is 17.2 Å². The maximum atomic E-state index is 12.5. The molecular weight excluding hydrogens is 302 g/mol. The minimum atomic E-state index is -1.45. The Hall–Kier alpha value is -2.70. The first kappa shape index (κ1) is 15.2. The highest BCUT2D eigenvalue weighted by Crippen LogP contribution is 2.38. The molecule has 1 aromatic heterocycles. The molecule has 1 aromatic carbocycles. The Bertz CT molecular complexity index is 850. The third-order valence-corrected chi connectivity index (χ3v) is 4.10. The molecule has 1 heterocycles. The summed E-state index contributed by atoms with van der Waals surface area (Å²) < 4.78 is 11.8. The molecule has 0 bridgehead atoms. The van der Waals surface area contributed by atoms with Crippen LogP contribution < -0.4 is 15.0 Å². The molecule has 1 saturated carbocycles. The number of rotatable bonds is 5. The van der Waals surface area contributed by atoms with Crippen molar-refractivity contribution in [2.75, 3.05) is 14.2 Å². The molecule has 0 saturated heterocycles. The van der Waals surface area contributed by atoms with Gasteiger partial charge in [0.15, 0.2) is 17.1 Å². The van der Waals surface area contributed by atoms with Gasteiger partial charge in [0.1, 0.15) is 5.75 Å². The summed E-state index contributed by atoms with van der Waals surface area (Å²) in [5.41, 5.74) is -0.894. The van der Waals surface area contributed by atoms with Gasteiger partial charge in [-0.2, -0.15) is 0 Å². The normalized spacial score (nSPS) is 14.0. The lowest BCUT2D eigenvalue weighted by Crippen LogP contribution is -2.27. The number of benzene rings is 1. The summed E-state index contributed by atoms with van der Waals surface area (Å²) in [7, 11) is 2.91.